The van der Waals surface area contributed by atoms with Gasteiger partial charge in [-0.1, -0.05) is 0 Å². The first kappa shape index (κ1) is 14.7. The lowest BCUT2D eigenvalue weighted by atomic mass is 10.2. The van der Waals surface area contributed by atoms with Gasteiger partial charge in [0.05, 0.1) is 13.2 Å². The number of nitrogens with one attached hydrogen (secondary N) is 1. The number of carboxylic acids is 1. The van der Waals surface area contributed by atoms with Gasteiger partial charge in [0.15, 0.2) is 0 Å². The van der Waals surface area contributed by atoms with Crippen LogP contribution < -0.4 is 5.32 Å². The highest BCUT2D eigenvalue weighted by Crippen LogP contribution is 2.14. The lowest BCUT2D eigenvalue weighted by Crippen LogP contribution is -2.32. The van der Waals surface area contributed by atoms with Crippen molar-refractivity contribution in [1.29, 1.82) is 0 Å². The van der Waals surface area contributed by atoms with Crippen LogP contribution in [0, 0.1) is 6.92 Å². The average Bonchev–Trinajstić information content (AvgIpc) is 2.71. The Kier molecular flexibility index (Phi) is 5.84. The van der Waals surface area contributed by atoms with Crippen LogP contribution in [0.2, 0.25) is 0 Å². The van der Waals surface area contributed by atoms with Crippen molar-refractivity contribution in [3.05, 3.63) is 23.2 Å². The highest BCUT2D eigenvalue weighted by atomic mass is 16.5. The number of ether oxygens (including phenoxy) is 1. The molecule has 0 saturated carbocycles. The van der Waals surface area contributed by atoms with Crippen LogP contribution in [0.3, 0.4) is 0 Å². The molecule has 0 fully saturated rings. The minimum atomic E-state index is -1.07. The average molecular weight is 257 g/mol. The summed E-state index contributed by atoms with van der Waals surface area (Å²) in [6.45, 7) is 2.61. The topological polar surface area (TPSA) is 91.9 Å². The van der Waals surface area contributed by atoms with Crippen molar-refractivity contribution >= 4 is 5.97 Å². The molecule has 6 heteroatoms. The predicted octanol–water partition coefficient (Wildman–Crippen LogP) is 0.773. The van der Waals surface area contributed by atoms with E-state index in [1.165, 1.54) is 0 Å². The second-order valence-corrected chi connectivity index (χ2v) is 4.07. The maximum Gasteiger partial charge on any atom is 0.372 e. The Labute approximate surface area is 106 Å². The van der Waals surface area contributed by atoms with E-state index >= 15 is 0 Å². The molecule has 0 bridgehead atoms. The number of hydrogen-bond acceptors (Lipinski definition) is 5. The summed E-state index contributed by atoms with van der Waals surface area (Å²) < 4.78 is 10.1. The first-order chi connectivity index (χ1) is 8.58. The molecule has 0 amide bonds. The third-order valence-electron chi connectivity index (χ3n) is 2.62. The maximum absolute atomic E-state index is 10.8. The molecule has 0 spiro atoms. The molecule has 0 saturated heterocycles. The molecule has 1 heterocycles. The van der Waals surface area contributed by atoms with E-state index in [2.05, 4.69) is 5.32 Å². The fourth-order valence-corrected chi connectivity index (χ4v) is 1.61. The number of methoxy groups -OCH3 is 1. The number of carboxylic acid groups (broad SMARTS) is 1. The molecule has 18 heavy (non-hydrogen) atoms. The Morgan fingerprint density at radius 3 is 2.83 bits per heavy atom. The van der Waals surface area contributed by atoms with Gasteiger partial charge < -0.3 is 24.7 Å². The highest BCUT2D eigenvalue weighted by Gasteiger charge is 2.15. The quantitative estimate of drug-likeness (QED) is 0.637. The zero-order valence-corrected chi connectivity index (χ0v) is 10.6. The standard InChI is InChI=1S/C12H19NO5/c1-8-5-10(18-11(8)12(15)16)6-13-9(7-14)3-4-17-2/h5,9,13-14H,3-4,6-7H2,1-2H3,(H,15,16). The van der Waals surface area contributed by atoms with Crippen molar-refractivity contribution in [2.24, 2.45) is 0 Å². The fraction of sp³-hybridized carbons (Fsp3) is 0.583. The smallest absolute Gasteiger partial charge is 0.372 e. The summed E-state index contributed by atoms with van der Waals surface area (Å²) in [5.41, 5.74) is 0.594. The first-order valence-corrected chi connectivity index (χ1v) is 5.74. The van der Waals surface area contributed by atoms with Crippen LogP contribution in [-0.2, 0) is 11.3 Å². The summed E-state index contributed by atoms with van der Waals surface area (Å²) in [4.78, 5) is 10.8. The Bertz CT molecular complexity index is 388. The SMILES string of the molecule is COCCC(CO)NCc1cc(C)c(C(=O)O)o1. The second kappa shape index (κ2) is 7.15. The van der Waals surface area contributed by atoms with Gasteiger partial charge in [-0.3, -0.25) is 0 Å². The number of aliphatic hydroxyl groups is 1. The van der Waals surface area contributed by atoms with Crippen molar-refractivity contribution in [1.82, 2.24) is 5.32 Å². The molecule has 0 radical (unpaired) electrons. The van der Waals surface area contributed by atoms with E-state index in [0.29, 0.717) is 30.9 Å². The number of aromatic carboxylic acids is 1. The molecule has 0 aromatic carbocycles. The number of aryl methyl sites for hydroxylation is 1. The minimum absolute atomic E-state index is 0.00512. The maximum atomic E-state index is 10.8. The number of hydrogen-bond donors (Lipinski definition) is 3. The van der Waals surface area contributed by atoms with Gasteiger partial charge in [-0.05, 0) is 19.4 Å². The molecule has 1 atom stereocenters. The molecule has 0 aliphatic carbocycles. The second-order valence-electron chi connectivity index (χ2n) is 4.07. The molecular weight excluding hydrogens is 238 g/mol. The van der Waals surface area contributed by atoms with Gasteiger partial charge in [0.1, 0.15) is 5.76 Å². The summed E-state index contributed by atoms with van der Waals surface area (Å²) >= 11 is 0. The van der Waals surface area contributed by atoms with Gasteiger partial charge >= 0.3 is 5.97 Å². The van der Waals surface area contributed by atoms with Crippen molar-refractivity contribution in [3.63, 3.8) is 0 Å². The van der Waals surface area contributed by atoms with Crippen LogP contribution in [0.4, 0.5) is 0 Å². The van der Waals surface area contributed by atoms with Gasteiger partial charge in [0.25, 0.3) is 0 Å². The van der Waals surface area contributed by atoms with Crippen molar-refractivity contribution in [2.45, 2.75) is 25.9 Å². The number of aliphatic hydroxyl groups excluding tert-OH is 1. The van der Waals surface area contributed by atoms with Crippen molar-refractivity contribution < 1.29 is 24.2 Å². The van der Waals surface area contributed by atoms with E-state index in [0.717, 1.165) is 0 Å². The zero-order chi connectivity index (χ0) is 13.5. The fourth-order valence-electron chi connectivity index (χ4n) is 1.61. The predicted molar refractivity (Wildman–Crippen MR) is 64.6 cm³/mol. The molecule has 0 aliphatic rings. The van der Waals surface area contributed by atoms with Crippen LogP contribution in [0.25, 0.3) is 0 Å². The Morgan fingerprint density at radius 2 is 2.33 bits per heavy atom. The van der Waals surface area contributed by atoms with Crippen LogP contribution in [0.5, 0.6) is 0 Å². The Morgan fingerprint density at radius 1 is 1.61 bits per heavy atom. The summed E-state index contributed by atoms with van der Waals surface area (Å²) in [7, 11) is 1.60. The lowest BCUT2D eigenvalue weighted by Gasteiger charge is -2.14. The molecule has 1 rings (SSSR count). The van der Waals surface area contributed by atoms with Crippen LogP contribution in [-0.4, -0.2) is 42.5 Å². The normalized spacial score (nSPS) is 12.6. The molecular formula is C12H19NO5. The largest absolute Gasteiger partial charge is 0.475 e. The van der Waals surface area contributed by atoms with Crippen molar-refractivity contribution in [2.75, 3.05) is 20.3 Å². The van der Waals surface area contributed by atoms with E-state index in [1.54, 1.807) is 20.1 Å². The summed E-state index contributed by atoms with van der Waals surface area (Å²) in [6, 6.07) is 1.59. The number of carbonyl (C=O) groups is 1. The summed E-state index contributed by atoms with van der Waals surface area (Å²) in [5, 5.41) is 21.1. The molecule has 3 N–H and O–H groups in total. The third-order valence-corrected chi connectivity index (χ3v) is 2.62. The monoisotopic (exact) mass is 257 g/mol. The van der Waals surface area contributed by atoms with Gasteiger partial charge in [-0.25, -0.2) is 4.79 Å². The van der Waals surface area contributed by atoms with Crippen LogP contribution in [0.1, 0.15) is 28.3 Å². The first-order valence-electron chi connectivity index (χ1n) is 5.74. The Hall–Kier alpha value is -1.37. The number of rotatable bonds is 8. The lowest BCUT2D eigenvalue weighted by molar-refractivity contribution is 0.0658. The highest BCUT2D eigenvalue weighted by molar-refractivity contribution is 5.86. The van der Waals surface area contributed by atoms with E-state index in [9.17, 15) is 4.79 Å². The van der Waals surface area contributed by atoms with E-state index in [4.69, 9.17) is 19.4 Å². The molecule has 1 aromatic rings. The number of furan rings is 1. The van der Waals surface area contributed by atoms with E-state index in [1.807, 2.05) is 0 Å². The van der Waals surface area contributed by atoms with Gasteiger partial charge in [0, 0.05) is 25.3 Å². The van der Waals surface area contributed by atoms with E-state index in [-0.39, 0.29) is 18.4 Å². The molecule has 0 aliphatic heterocycles. The van der Waals surface area contributed by atoms with Crippen LogP contribution in [0.15, 0.2) is 10.5 Å². The van der Waals surface area contributed by atoms with Gasteiger partial charge in [0.2, 0.25) is 5.76 Å². The molecule has 1 aromatic heterocycles. The minimum Gasteiger partial charge on any atom is -0.475 e. The third kappa shape index (κ3) is 4.14. The van der Waals surface area contributed by atoms with Crippen molar-refractivity contribution in [3.8, 4) is 0 Å². The summed E-state index contributed by atoms with van der Waals surface area (Å²) in [5.74, 6) is -0.568. The Balaban J connectivity index is 2.51. The van der Waals surface area contributed by atoms with Gasteiger partial charge in [-0.15, -0.1) is 0 Å². The van der Waals surface area contributed by atoms with Gasteiger partial charge in [-0.2, -0.15) is 0 Å². The summed E-state index contributed by atoms with van der Waals surface area (Å²) in [6.07, 6.45) is 0.679. The van der Waals surface area contributed by atoms with E-state index < -0.39 is 5.97 Å². The molecule has 1 unspecified atom stereocenters. The molecule has 6 nitrogen and oxygen atoms in total. The molecule has 102 valence electrons. The van der Waals surface area contributed by atoms with Crippen LogP contribution >= 0.6 is 0 Å². The zero-order valence-electron chi connectivity index (χ0n) is 10.6.